The Balaban J connectivity index is 1.65. The predicted molar refractivity (Wildman–Crippen MR) is 104 cm³/mol. The van der Waals surface area contributed by atoms with E-state index in [0.717, 1.165) is 5.56 Å². The van der Waals surface area contributed by atoms with Crippen LogP contribution in [0, 0.1) is 0 Å². The van der Waals surface area contributed by atoms with Crippen LogP contribution in [-0.2, 0) is 21.2 Å². The molecule has 0 aliphatic carbocycles. The molecule has 0 unspecified atom stereocenters. The van der Waals surface area contributed by atoms with Crippen LogP contribution in [0.4, 0.5) is 5.69 Å². The van der Waals surface area contributed by atoms with Gasteiger partial charge >= 0.3 is 0 Å². The van der Waals surface area contributed by atoms with E-state index in [4.69, 9.17) is 4.74 Å². The normalized spacial score (nSPS) is 24.6. The van der Waals surface area contributed by atoms with Crippen LogP contribution < -0.4 is 9.64 Å². The highest BCUT2D eigenvalue weighted by Crippen LogP contribution is 2.33. The minimum absolute atomic E-state index is 0.000720. The van der Waals surface area contributed by atoms with Crippen molar-refractivity contribution >= 4 is 21.4 Å². The topological polar surface area (TPSA) is 66.9 Å². The highest BCUT2D eigenvalue weighted by atomic mass is 32.2. The van der Waals surface area contributed by atoms with Gasteiger partial charge in [-0.2, -0.15) is 0 Å². The number of carbonyl (C=O) groups excluding carboxylic acids is 1. The van der Waals surface area contributed by atoms with Gasteiger partial charge in [0.15, 0.2) is 9.84 Å². The largest absolute Gasteiger partial charge is 0.497 e. The van der Waals surface area contributed by atoms with E-state index in [9.17, 15) is 13.2 Å². The van der Waals surface area contributed by atoms with Crippen LogP contribution in [0.2, 0.25) is 0 Å². The zero-order chi connectivity index (χ0) is 19.0. The lowest BCUT2D eigenvalue weighted by Crippen LogP contribution is -2.61. The number of benzene rings is 2. The van der Waals surface area contributed by atoms with Crippen LogP contribution in [0.1, 0.15) is 5.56 Å². The molecule has 2 fully saturated rings. The second kappa shape index (κ2) is 6.98. The van der Waals surface area contributed by atoms with Gasteiger partial charge in [0, 0.05) is 18.3 Å². The quantitative estimate of drug-likeness (QED) is 0.800. The fourth-order valence-corrected chi connectivity index (χ4v) is 6.01. The number of ether oxygens (including phenoxy) is 1. The van der Waals surface area contributed by atoms with Crippen LogP contribution >= 0.6 is 0 Å². The molecule has 7 heteroatoms. The lowest BCUT2D eigenvalue weighted by molar-refractivity contribution is -0.123. The lowest BCUT2D eigenvalue weighted by atomic mass is 10.0. The Hall–Kier alpha value is -2.38. The van der Waals surface area contributed by atoms with Crippen LogP contribution in [0.15, 0.2) is 54.6 Å². The fourth-order valence-electron chi connectivity index (χ4n) is 4.03. The first kappa shape index (κ1) is 18.0. The number of sulfone groups is 1. The summed E-state index contributed by atoms with van der Waals surface area (Å²) >= 11 is 0. The molecule has 0 aromatic heterocycles. The molecule has 2 aliphatic rings. The number of methoxy groups -OCH3 is 1. The van der Waals surface area contributed by atoms with Crippen molar-refractivity contribution in [1.29, 1.82) is 0 Å². The summed E-state index contributed by atoms with van der Waals surface area (Å²) in [4.78, 5) is 16.6. The van der Waals surface area contributed by atoms with E-state index >= 15 is 0 Å². The molecule has 0 saturated carbocycles. The average Bonchev–Trinajstić information content (AvgIpc) is 2.98. The molecule has 4 rings (SSSR count). The fraction of sp³-hybridized carbons (Fsp3) is 0.350. The van der Waals surface area contributed by atoms with Crippen molar-refractivity contribution in [1.82, 2.24) is 4.90 Å². The second-order valence-electron chi connectivity index (χ2n) is 7.06. The maximum absolute atomic E-state index is 13.0. The van der Waals surface area contributed by atoms with Crippen LogP contribution in [0.5, 0.6) is 5.75 Å². The molecular weight excluding hydrogens is 364 g/mol. The maximum atomic E-state index is 13.0. The number of hydrogen-bond acceptors (Lipinski definition) is 5. The first-order valence-corrected chi connectivity index (χ1v) is 10.7. The van der Waals surface area contributed by atoms with E-state index in [1.54, 1.807) is 24.1 Å². The summed E-state index contributed by atoms with van der Waals surface area (Å²) in [6.45, 7) is 0.775. The number of amides is 1. The third-order valence-corrected chi connectivity index (χ3v) is 6.98. The van der Waals surface area contributed by atoms with E-state index in [0.29, 0.717) is 18.0 Å². The summed E-state index contributed by atoms with van der Waals surface area (Å²) in [6, 6.07) is 16.5. The molecule has 2 heterocycles. The summed E-state index contributed by atoms with van der Waals surface area (Å²) < 4.78 is 30.0. The Morgan fingerprint density at radius 1 is 1.00 bits per heavy atom. The van der Waals surface area contributed by atoms with Crippen LogP contribution in [0.3, 0.4) is 0 Å². The summed E-state index contributed by atoms with van der Waals surface area (Å²) in [5, 5.41) is 0. The summed E-state index contributed by atoms with van der Waals surface area (Å²) in [7, 11) is -1.61. The van der Waals surface area contributed by atoms with Crippen LogP contribution in [-0.4, -0.2) is 56.5 Å². The molecule has 6 nitrogen and oxygen atoms in total. The van der Waals surface area contributed by atoms with E-state index < -0.39 is 9.84 Å². The summed E-state index contributed by atoms with van der Waals surface area (Å²) in [5.74, 6) is 0.712. The van der Waals surface area contributed by atoms with E-state index in [-0.39, 0.29) is 36.0 Å². The van der Waals surface area contributed by atoms with Crippen molar-refractivity contribution in [3.8, 4) is 5.75 Å². The van der Waals surface area contributed by atoms with Gasteiger partial charge in [-0.15, -0.1) is 0 Å². The lowest BCUT2D eigenvalue weighted by Gasteiger charge is -2.43. The monoisotopic (exact) mass is 386 g/mol. The van der Waals surface area contributed by atoms with Gasteiger partial charge in [-0.25, -0.2) is 8.42 Å². The van der Waals surface area contributed by atoms with Gasteiger partial charge in [0.05, 0.1) is 31.2 Å². The second-order valence-corrected chi connectivity index (χ2v) is 9.22. The van der Waals surface area contributed by atoms with E-state index in [2.05, 4.69) is 0 Å². The van der Waals surface area contributed by atoms with E-state index in [1.165, 1.54) is 0 Å². The van der Waals surface area contributed by atoms with Crippen molar-refractivity contribution in [3.63, 3.8) is 0 Å². The first-order chi connectivity index (χ1) is 13.0. The molecule has 1 amide bonds. The van der Waals surface area contributed by atoms with Gasteiger partial charge in [-0.05, 0) is 29.8 Å². The Kier molecular flexibility index (Phi) is 4.65. The van der Waals surface area contributed by atoms with Crippen molar-refractivity contribution in [2.45, 2.75) is 18.6 Å². The predicted octanol–water partition coefficient (Wildman–Crippen LogP) is 1.71. The van der Waals surface area contributed by atoms with Gasteiger partial charge in [0.2, 0.25) is 5.91 Å². The SMILES string of the molecule is COc1ccc(N2C(=O)CN(Cc3ccccc3)[C@H]3CS(=O)(=O)C[C@H]32)cc1. The van der Waals surface area contributed by atoms with Crippen LogP contribution in [0.25, 0.3) is 0 Å². The highest BCUT2D eigenvalue weighted by Gasteiger charge is 2.49. The van der Waals surface area contributed by atoms with Gasteiger partial charge < -0.3 is 9.64 Å². The molecule has 2 aromatic carbocycles. The van der Waals surface area contributed by atoms with Crippen molar-refractivity contribution < 1.29 is 17.9 Å². The Morgan fingerprint density at radius 3 is 2.33 bits per heavy atom. The zero-order valence-electron chi connectivity index (χ0n) is 15.1. The van der Waals surface area contributed by atoms with Gasteiger partial charge in [-0.3, -0.25) is 9.69 Å². The zero-order valence-corrected chi connectivity index (χ0v) is 15.9. The molecule has 27 heavy (non-hydrogen) atoms. The van der Waals surface area contributed by atoms with E-state index in [1.807, 2.05) is 47.4 Å². The maximum Gasteiger partial charge on any atom is 0.241 e. The number of carbonyl (C=O) groups is 1. The van der Waals surface area contributed by atoms with Gasteiger partial charge in [0.25, 0.3) is 0 Å². The number of piperazine rings is 1. The Bertz CT molecular complexity index is 928. The first-order valence-electron chi connectivity index (χ1n) is 8.91. The van der Waals surface area contributed by atoms with Crippen molar-refractivity contribution in [3.05, 3.63) is 60.2 Å². The minimum Gasteiger partial charge on any atom is -0.497 e. The number of nitrogens with zero attached hydrogens (tertiary/aromatic N) is 2. The third-order valence-electron chi connectivity index (χ3n) is 5.28. The summed E-state index contributed by atoms with van der Waals surface area (Å²) in [6.07, 6.45) is 0. The number of hydrogen-bond donors (Lipinski definition) is 0. The number of fused-ring (bicyclic) bond motifs is 1. The van der Waals surface area contributed by atoms with Crippen molar-refractivity contribution in [2.75, 3.05) is 30.1 Å². The van der Waals surface area contributed by atoms with Gasteiger partial charge in [0.1, 0.15) is 5.75 Å². The average molecular weight is 386 g/mol. The molecule has 2 aliphatic heterocycles. The highest BCUT2D eigenvalue weighted by molar-refractivity contribution is 7.91. The number of anilines is 1. The van der Waals surface area contributed by atoms with Gasteiger partial charge in [-0.1, -0.05) is 30.3 Å². The minimum atomic E-state index is -3.19. The summed E-state index contributed by atoms with van der Waals surface area (Å²) in [5.41, 5.74) is 1.79. The number of rotatable bonds is 4. The molecule has 0 spiro atoms. The Labute approximate surface area is 159 Å². The molecule has 142 valence electrons. The Morgan fingerprint density at radius 2 is 1.67 bits per heavy atom. The van der Waals surface area contributed by atoms with Crippen molar-refractivity contribution in [2.24, 2.45) is 0 Å². The smallest absolute Gasteiger partial charge is 0.241 e. The molecule has 2 saturated heterocycles. The molecular formula is C20H22N2O4S. The standard InChI is InChI=1S/C20H22N2O4S/c1-26-17-9-7-16(8-10-17)22-19-14-27(24,25)13-18(19)21(12-20(22)23)11-15-5-3-2-4-6-15/h2-10,18-19H,11-14H2,1H3/t18-,19+/m0/s1. The molecule has 0 radical (unpaired) electrons. The molecule has 2 aromatic rings. The molecule has 2 atom stereocenters. The molecule has 0 N–H and O–H groups in total. The molecule has 0 bridgehead atoms. The third kappa shape index (κ3) is 3.57.